The van der Waals surface area contributed by atoms with Crippen LogP contribution in [0.15, 0.2) is 0 Å². The van der Waals surface area contributed by atoms with E-state index < -0.39 is 0 Å². The van der Waals surface area contributed by atoms with Gasteiger partial charge >= 0.3 is 5.97 Å². The minimum absolute atomic E-state index is 0.123. The van der Waals surface area contributed by atoms with Gasteiger partial charge in [0.05, 0.1) is 7.11 Å². The van der Waals surface area contributed by atoms with Gasteiger partial charge in [0.2, 0.25) is 0 Å². The molecule has 0 saturated heterocycles. The highest BCUT2D eigenvalue weighted by atomic mass is 16.5. The first-order valence-electron chi connectivity index (χ1n) is 5.47. The maximum Gasteiger partial charge on any atom is 0.322 e. The first-order valence-corrected chi connectivity index (χ1v) is 5.47. The summed E-state index contributed by atoms with van der Waals surface area (Å²) in [4.78, 5) is 11.1. The summed E-state index contributed by atoms with van der Waals surface area (Å²) >= 11 is 0. The van der Waals surface area contributed by atoms with E-state index in [4.69, 9.17) is 0 Å². The Morgan fingerprint density at radius 1 is 1.47 bits per heavy atom. The van der Waals surface area contributed by atoms with E-state index >= 15 is 0 Å². The summed E-state index contributed by atoms with van der Waals surface area (Å²) in [5.41, 5.74) is -0.123. The number of carbonyl (C=O) groups is 1. The highest BCUT2D eigenvalue weighted by Gasteiger charge is 2.26. The van der Waals surface area contributed by atoms with Crippen molar-refractivity contribution in [2.75, 3.05) is 20.3 Å². The lowest BCUT2D eigenvalue weighted by Crippen LogP contribution is -2.43. The van der Waals surface area contributed by atoms with Crippen molar-refractivity contribution < 1.29 is 14.6 Å². The van der Waals surface area contributed by atoms with E-state index in [2.05, 4.69) is 10.1 Å². The van der Waals surface area contributed by atoms with Gasteiger partial charge in [-0.05, 0) is 19.8 Å². The number of rotatable bonds is 7. The van der Waals surface area contributed by atoms with Crippen LogP contribution in [-0.2, 0) is 9.53 Å². The first-order chi connectivity index (χ1) is 7.05. The van der Waals surface area contributed by atoms with Crippen LogP contribution in [0.4, 0.5) is 0 Å². The average Bonchev–Trinajstić information content (AvgIpc) is 2.30. The molecule has 0 aromatic carbocycles. The van der Waals surface area contributed by atoms with Gasteiger partial charge in [0.1, 0.15) is 6.04 Å². The minimum Gasteiger partial charge on any atom is -0.468 e. The number of aliphatic hydroxyl groups excluding tert-OH is 1. The molecule has 4 heteroatoms. The molecule has 0 saturated carbocycles. The second-order valence-corrected chi connectivity index (χ2v) is 3.99. The number of hydrogen-bond acceptors (Lipinski definition) is 4. The molecule has 0 rings (SSSR count). The Balaban J connectivity index is 4.16. The van der Waals surface area contributed by atoms with Gasteiger partial charge < -0.3 is 15.2 Å². The third-order valence-corrected chi connectivity index (χ3v) is 3.17. The van der Waals surface area contributed by atoms with E-state index in [1.54, 1.807) is 6.92 Å². The van der Waals surface area contributed by atoms with Crippen LogP contribution >= 0.6 is 0 Å². The predicted molar refractivity (Wildman–Crippen MR) is 59.6 cm³/mol. The van der Waals surface area contributed by atoms with Crippen molar-refractivity contribution in [1.82, 2.24) is 5.32 Å². The molecule has 0 aromatic rings. The second-order valence-electron chi connectivity index (χ2n) is 3.99. The number of methoxy groups -OCH3 is 1. The fourth-order valence-electron chi connectivity index (χ4n) is 1.41. The van der Waals surface area contributed by atoms with Crippen LogP contribution in [0.2, 0.25) is 0 Å². The van der Waals surface area contributed by atoms with Gasteiger partial charge in [0.15, 0.2) is 0 Å². The zero-order chi connectivity index (χ0) is 11.9. The fourth-order valence-corrected chi connectivity index (χ4v) is 1.41. The van der Waals surface area contributed by atoms with E-state index in [1.807, 2.05) is 13.8 Å². The molecule has 0 unspecified atom stereocenters. The number of nitrogens with one attached hydrogen (secondary N) is 1. The summed E-state index contributed by atoms with van der Waals surface area (Å²) in [5.74, 6) is -0.269. The smallest absolute Gasteiger partial charge is 0.322 e. The number of esters is 1. The maximum atomic E-state index is 11.1. The van der Waals surface area contributed by atoms with Crippen LogP contribution < -0.4 is 5.32 Å². The molecular weight excluding hydrogens is 194 g/mol. The Kier molecular flexibility index (Phi) is 6.52. The molecule has 0 aliphatic heterocycles. The van der Waals surface area contributed by atoms with Crippen molar-refractivity contribution in [2.24, 2.45) is 5.41 Å². The lowest BCUT2D eigenvalue weighted by Gasteiger charge is -2.30. The van der Waals surface area contributed by atoms with Gasteiger partial charge in [-0.2, -0.15) is 0 Å². The highest BCUT2D eigenvalue weighted by Crippen LogP contribution is 2.24. The zero-order valence-corrected chi connectivity index (χ0v) is 10.2. The van der Waals surface area contributed by atoms with Crippen LogP contribution in [0, 0.1) is 5.41 Å². The van der Waals surface area contributed by atoms with E-state index in [-0.39, 0.29) is 24.0 Å². The monoisotopic (exact) mass is 217 g/mol. The van der Waals surface area contributed by atoms with Gasteiger partial charge in [-0.25, -0.2) is 0 Å². The van der Waals surface area contributed by atoms with Crippen LogP contribution in [0.5, 0.6) is 0 Å². The molecule has 0 aliphatic carbocycles. The summed E-state index contributed by atoms with van der Waals surface area (Å²) in [6.07, 6.45) is 1.78. The fraction of sp³-hybridized carbons (Fsp3) is 0.909. The second kappa shape index (κ2) is 6.80. The zero-order valence-electron chi connectivity index (χ0n) is 10.2. The van der Waals surface area contributed by atoms with Gasteiger partial charge in [0, 0.05) is 18.6 Å². The van der Waals surface area contributed by atoms with E-state index in [9.17, 15) is 9.90 Å². The van der Waals surface area contributed by atoms with Gasteiger partial charge in [-0.1, -0.05) is 13.8 Å². The molecule has 15 heavy (non-hydrogen) atoms. The number of carbonyl (C=O) groups excluding carboxylic acids is 1. The van der Waals surface area contributed by atoms with Crippen molar-refractivity contribution in [1.29, 1.82) is 0 Å². The number of hydrogen-bond donors (Lipinski definition) is 2. The van der Waals surface area contributed by atoms with Crippen molar-refractivity contribution in [3.8, 4) is 0 Å². The van der Waals surface area contributed by atoms with Crippen LogP contribution in [-0.4, -0.2) is 37.4 Å². The van der Waals surface area contributed by atoms with Crippen molar-refractivity contribution >= 4 is 5.97 Å². The minimum atomic E-state index is -0.320. The largest absolute Gasteiger partial charge is 0.468 e. The Bertz CT molecular complexity index is 182. The molecule has 0 aromatic heterocycles. The molecule has 0 bridgehead atoms. The molecular formula is C11H23NO3. The van der Waals surface area contributed by atoms with Gasteiger partial charge in [-0.15, -0.1) is 0 Å². The lowest BCUT2D eigenvalue weighted by molar-refractivity contribution is -0.142. The Morgan fingerprint density at radius 2 is 2.00 bits per heavy atom. The first kappa shape index (κ1) is 14.4. The standard InChI is InChI=1S/C11H23NO3/c1-5-11(6-2,8-13)7-12-9(3)10(14)15-4/h9,12-13H,5-8H2,1-4H3/t9-/m0/s1. The average molecular weight is 217 g/mol. The SMILES string of the molecule is CCC(CC)(CO)CN[C@@H](C)C(=O)OC. The highest BCUT2D eigenvalue weighted by molar-refractivity contribution is 5.75. The molecule has 0 amide bonds. The summed E-state index contributed by atoms with van der Waals surface area (Å²) in [6.45, 7) is 6.63. The van der Waals surface area contributed by atoms with E-state index in [1.165, 1.54) is 7.11 Å². The Hall–Kier alpha value is -0.610. The maximum absolute atomic E-state index is 11.1. The molecule has 2 N–H and O–H groups in total. The summed E-state index contributed by atoms with van der Waals surface area (Å²) < 4.78 is 4.61. The molecule has 90 valence electrons. The van der Waals surface area contributed by atoms with Crippen molar-refractivity contribution in [2.45, 2.75) is 39.7 Å². The van der Waals surface area contributed by atoms with Crippen LogP contribution in [0.1, 0.15) is 33.6 Å². The Labute approximate surface area is 92.0 Å². The number of ether oxygens (including phenoxy) is 1. The van der Waals surface area contributed by atoms with Crippen LogP contribution in [0.25, 0.3) is 0 Å². The molecule has 4 nitrogen and oxygen atoms in total. The quantitative estimate of drug-likeness (QED) is 0.623. The Morgan fingerprint density at radius 3 is 2.33 bits per heavy atom. The molecule has 0 heterocycles. The normalized spacial score (nSPS) is 13.7. The molecule has 0 fully saturated rings. The summed E-state index contributed by atoms with van der Waals surface area (Å²) in [7, 11) is 1.37. The van der Waals surface area contributed by atoms with Gasteiger partial charge in [-0.3, -0.25) is 4.79 Å². The van der Waals surface area contributed by atoms with E-state index in [0.29, 0.717) is 6.54 Å². The van der Waals surface area contributed by atoms with Crippen molar-refractivity contribution in [3.63, 3.8) is 0 Å². The topological polar surface area (TPSA) is 58.6 Å². The molecule has 1 atom stereocenters. The van der Waals surface area contributed by atoms with Crippen molar-refractivity contribution in [3.05, 3.63) is 0 Å². The van der Waals surface area contributed by atoms with E-state index in [0.717, 1.165) is 12.8 Å². The van der Waals surface area contributed by atoms with Gasteiger partial charge in [0.25, 0.3) is 0 Å². The summed E-state index contributed by atoms with van der Waals surface area (Å²) in [5, 5.41) is 12.4. The summed E-state index contributed by atoms with van der Waals surface area (Å²) in [6, 6.07) is -0.320. The van der Waals surface area contributed by atoms with Crippen LogP contribution in [0.3, 0.4) is 0 Å². The lowest BCUT2D eigenvalue weighted by atomic mass is 9.83. The predicted octanol–water partition coefficient (Wildman–Crippen LogP) is 0.936. The number of aliphatic hydroxyl groups is 1. The molecule has 0 spiro atoms. The third-order valence-electron chi connectivity index (χ3n) is 3.17. The third kappa shape index (κ3) is 4.18. The molecule has 0 radical (unpaired) electrons. The molecule has 0 aliphatic rings.